The first-order valence-corrected chi connectivity index (χ1v) is 5.93. The van der Waals surface area contributed by atoms with Crippen molar-refractivity contribution in [2.24, 2.45) is 0 Å². The third kappa shape index (κ3) is 1.95. The molecule has 5 heteroatoms. The van der Waals surface area contributed by atoms with Gasteiger partial charge in [0.15, 0.2) is 5.43 Å². The standard InChI is InChI=1S/C15H11NO4/c17-9-3-1-8(2-4-9)11-7-14(20)15-12(16-11)5-10(18)6-13(15)19/h1-7,17-19H,(H,16,20). The second-order valence-electron chi connectivity index (χ2n) is 4.48. The number of phenolic OH excluding ortho intramolecular Hbond substituents is 3. The number of hydrogen-bond donors (Lipinski definition) is 4. The first-order chi connectivity index (χ1) is 9.54. The average Bonchev–Trinajstić information content (AvgIpc) is 2.38. The maximum absolute atomic E-state index is 12.1. The van der Waals surface area contributed by atoms with Gasteiger partial charge in [0.2, 0.25) is 0 Å². The van der Waals surface area contributed by atoms with Gasteiger partial charge in [-0.3, -0.25) is 4.79 Å². The van der Waals surface area contributed by atoms with Crippen molar-refractivity contribution in [1.82, 2.24) is 4.98 Å². The Morgan fingerprint density at radius 1 is 0.850 bits per heavy atom. The Morgan fingerprint density at radius 3 is 2.25 bits per heavy atom. The number of aromatic nitrogens is 1. The summed E-state index contributed by atoms with van der Waals surface area (Å²) in [4.78, 5) is 15.0. The highest BCUT2D eigenvalue weighted by atomic mass is 16.3. The van der Waals surface area contributed by atoms with E-state index in [2.05, 4.69) is 4.98 Å². The van der Waals surface area contributed by atoms with Gasteiger partial charge in [-0.1, -0.05) is 0 Å². The quantitative estimate of drug-likeness (QED) is 0.545. The maximum Gasteiger partial charge on any atom is 0.193 e. The SMILES string of the molecule is O=c1cc(-c2ccc(O)cc2)[nH]c2cc(O)cc(O)c12. The molecule has 100 valence electrons. The molecule has 5 nitrogen and oxygen atoms in total. The van der Waals surface area contributed by atoms with Gasteiger partial charge in [0, 0.05) is 23.9 Å². The Hall–Kier alpha value is -2.95. The Labute approximate surface area is 113 Å². The topological polar surface area (TPSA) is 93.5 Å². The van der Waals surface area contributed by atoms with Gasteiger partial charge in [0.05, 0.1) is 10.9 Å². The summed E-state index contributed by atoms with van der Waals surface area (Å²) in [5.74, 6) is -0.265. The summed E-state index contributed by atoms with van der Waals surface area (Å²) in [6, 6.07) is 10.2. The normalized spacial score (nSPS) is 10.8. The lowest BCUT2D eigenvalue weighted by Gasteiger charge is -2.06. The Bertz CT molecular complexity index is 850. The van der Waals surface area contributed by atoms with E-state index in [1.807, 2.05) is 0 Å². The van der Waals surface area contributed by atoms with Gasteiger partial charge in [-0.05, 0) is 29.8 Å². The first-order valence-electron chi connectivity index (χ1n) is 5.93. The van der Waals surface area contributed by atoms with E-state index < -0.39 is 0 Å². The van der Waals surface area contributed by atoms with E-state index >= 15 is 0 Å². The van der Waals surface area contributed by atoms with Crippen molar-refractivity contribution < 1.29 is 15.3 Å². The molecule has 4 N–H and O–H groups in total. The van der Waals surface area contributed by atoms with Crippen LogP contribution in [0.15, 0.2) is 47.3 Å². The van der Waals surface area contributed by atoms with Crippen LogP contribution in [-0.2, 0) is 0 Å². The Kier molecular flexibility index (Phi) is 2.61. The number of fused-ring (bicyclic) bond motifs is 1. The third-order valence-corrected chi connectivity index (χ3v) is 3.07. The number of phenols is 3. The van der Waals surface area contributed by atoms with Crippen molar-refractivity contribution in [3.8, 4) is 28.5 Å². The zero-order valence-corrected chi connectivity index (χ0v) is 10.3. The van der Waals surface area contributed by atoms with Crippen molar-refractivity contribution >= 4 is 10.9 Å². The number of H-pyrrole nitrogens is 1. The van der Waals surface area contributed by atoms with Gasteiger partial charge in [0.1, 0.15) is 17.2 Å². The van der Waals surface area contributed by atoms with Crippen LogP contribution in [0.25, 0.3) is 22.2 Å². The summed E-state index contributed by atoms with van der Waals surface area (Å²) in [7, 11) is 0. The average molecular weight is 269 g/mol. The van der Waals surface area contributed by atoms with E-state index in [0.29, 0.717) is 16.8 Å². The number of aromatic amines is 1. The number of hydrogen-bond acceptors (Lipinski definition) is 4. The van der Waals surface area contributed by atoms with Crippen LogP contribution in [0.4, 0.5) is 0 Å². The second-order valence-corrected chi connectivity index (χ2v) is 4.48. The first kappa shape index (κ1) is 12.1. The Morgan fingerprint density at radius 2 is 1.55 bits per heavy atom. The van der Waals surface area contributed by atoms with Crippen LogP contribution in [0.1, 0.15) is 0 Å². The van der Waals surface area contributed by atoms with Gasteiger partial charge >= 0.3 is 0 Å². The molecule has 0 atom stereocenters. The van der Waals surface area contributed by atoms with Crippen molar-refractivity contribution in [3.05, 3.63) is 52.7 Å². The van der Waals surface area contributed by atoms with Gasteiger partial charge in [0.25, 0.3) is 0 Å². The van der Waals surface area contributed by atoms with Crippen molar-refractivity contribution in [3.63, 3.8) is 0 Å². The molecule has 0 radical (unpaired) electrons. The van der Waals surface area contributed by atoms with Crippen LogP contribution in [0, 0.1) is 0 Å². The highest BCUT2D eigenvalue weighted by molar-refractivity contribution is 5.88. The van der Waals surface area contributed by atoms with Crippen LogP contribution in [0.2, 0.25) is 0 Å². The van der Waals surface area contributed by atoms with E-state index in [9.17, 15) is 20.1 Å². The van der Waals surface area contributed by atoms with Crippen LogP contribution in [0.5, 0.6) is 17.2 Å². The molecule has 0 bridgehead atoms. The zero-order valence-electron chi connectivity index (χ0n) is 10.3. The number of aromatic hydroxyl groups is 3. The molecule has 0 aliphatic carbocycles. The zero-order chi connectivity index (χ0) is 14.3. The van der Waals surface area contributed by atoms with Gasteiger partial charge < -0.3 is 20.3 Å². The fourth-order valence-electron chi connectivity index (χ4n) is 2.15. The van der Waals surface area contributed by atoms with E-state index in [-0.39, 0.29) is 28.1 Å². The van der Waals surface area contributed by atoms with E-state index in [4.69, 9.17) is 0 Å². The molecule has 1 heterocycles. The molecule has 0 aliphatic rings. The summed E-state index contributed by atoms with van der Waals surface area (Å²) >= 11 is 0. The molecular weight excluding hydrogens is 258 g/mol. The lowest BCUT2D eigenvalue weighted by atomic mass is 10.1. The number of rotatable bonds is 1. The molecule has 0 saturated carbocycles. The molecule has 0 fully saturated rings. The molecule has 1 aromatic heterocycles. The number of pyridine rings is 1. The summed E-state index contributed by atoms with van der Waals surface area (Å²) in [6.45, 7) is 0. The largest absolute Gasteiger partial charge is 0.508 e. The monoisotopic (exact) mass is 269 g/mol. The minimum atomic E-state index is -0.348. The smallest absolute Gasteiger partial charge is 0.193 e. The molecule has 0 spiro atoms. The molecule has 0 unspecified atom stereocenters. The molecule has 0 amide bonds. The maximum atomic E-state index is 12.1. The summed E-state index contributed by atoms with van der Waals surface area (Å²) in [6.07, 6.45) is 0. The lowest BCUT2D eigenvalue weighted by Crippen LogP contribution is -2.03. The van der Waals surface area contributed by atoms with Crippen molar-refractivity contribution in [1.29, 1.82) is 0 Å². The van der Waals surface area contributed by atoms with E-state index in [1.54, 1.807) is 12.1 Å². The fourth-order valence-corrected chi connectivity index (χ4v) is 2.15. The fraction of sp³-hybridized carbons (Fsp3) is 0. The van der Waals surface area contributed by atoms with E-state index in [1.165, 1.54) is 24.3 Å². The van der Waals surface area contributed by atoms with Crippen LogP contribution < -0.4 is 5.43 Å². The third-order valence-electron chi connectivity index (χ3n) is 3.07. The molecule has 3 rings (SSSR count). The molecule has 20 heavy (non-hydrogen) atoms. The summed E-state index contributed by atoms with van der Waals surface area (Å²) in [5, 5.41) is 28.6. The van der Waals surface area contributed by atoms with Gasteiger partial charge in [-0.15, -0.1) is 0 Å². The van der Waals surface area contributed by atoms with Gasteiger partial charge in [-0.25, -0.2) is 0 Å². The summed E-state index contributed by atoms with van der Waals surface area (Å²) < 4.78 is 0. The number of nitrogens with one attached hydrogen (secondary N) is 1. The molecule has 3 aromatic rings. The van der Waals surface area contributed by atoms with Crippen molar-refractivity contribution in [2.45, 2.75) is 0 Å². The molecule has 2 aromatic carbocycles. The summed E-state index contributed by atoms with van der Waals surface area (Å²) in [5.41, 5.74) is 1.24. The van der Waals surface area contributed by atoms with Crippen LogP contribution >= 0.6 is 0 Å². The highest BCUT2D eigenvalue weighted by Crippen LogP contribution is 2.28. The predicted octanol–water partition coefficient (Wildman–Crippen LogP) is 2.31. The lowest BCUT2D eigenvalue weighted by molar-refractivity contribution is 0.455. The van der Waals surface area contributed by atoms with Crippen LogP contribution in [0.3, 0.4) is 0 Å². The highest BCUT2D eigenvalue weighted by Gasteiger charge is 2.09. The van der Waals surface area contributed by atoms with E-state index in [0.717, 1.165) is 6.07 Å². The second kappa shape index (κ2) is 4.31. The Balaban J connectivity index is 2.29. The molecule has 0 aliphatic heterocycles. The van der Waals surface area contributed by atoms with Crippen molar-refractivity contribution in [2.75, 3.05) is 0 Å². The number of benzene rings is 2. The molecule has 0 saturated heterocycles. The minimum Gasteiger partial charge on any atom is -0.508 e. The molecular formula is C15H11NO4. The van der Waals surface area contributed by atoms with Gasteiger partial charge in [-0.2, -0.15) is 0 Å². The minimum absolute atomic E-state index is 0.130. The van der Waals surface area contributed by atoms with Crippen LogP contribution in [-0.4, -0.2) is 20.3 Å². The predicted molar refractivity (Wildman–Crippen MR) is 75.0 cm³/mol.